The Bertz CT molecular complexity index is 1040. The molecule has 0 aromatic heterocycles. The van der Waals surface area contributed by atoms with E-state index in [4.69, 9.17) is 0 Å². The van der Waals surface area contributed by atoms with Gasteiger partial charge in [-0.2, -0.15) is 0 Å². The van der Waals surface area contributed by atoms with Crippen molar-refractivity contribution in [1.29, 1.82) is 0 Å². The SMILES string of the molecule is CC(=O)NC(Cc1cc(F)cc(F)c1)C(O)CNC1(c2cccc(C(C)(C)C)c2)CNC(=O)NC1. The van der Waals surface area contributed by atoms with Crippen LogP contribution in [0.25, 0.3) is 0 Å². The third-order valence-corrected chi connectivity index (χ3v) is 6.26. The molecular formula is C26H34F2N4O3. The molecule has 1 aliphatic heterocycles. The highest BCUT2D eigenvalue weighted by Crippen LogP contribution is 2.28. The van der Waals surface area contributed by atoms with Gasteiger partial charge in [-0.25, -0.2) is 13.6 Å². The Hall–Kier alpha value is -3.04. The highest BCUT2D eigenvalue weighted by atomic mass is 19.1. The minimum atomic E-state index is -1.08. The van der Waals surface area contributed by atoms with E-state index in [1.54, 1.807) is 0 Å². The maximum absolute atomic E-state index is 13.7. The number of aliphatic hydroxyl groups excluding tert-OH is 1. The van der Waals surface area contributed by atoms with Gasteiger partial charge in [0.2, 0.25) is 5.91 Å². The number of urea groups is 1. The second kappa shape index (κ2) is 10.7. The standard InChI is InChI=1S/C26H34F2N4O3/c1-16(33)32-22(10-17-8-20(27)12-21(28)9-17)23(34)13-31-26(14-29-24(35)30-15-26)19-7-5-6-18(11-19)25(2,3)4/h5-9,11-12,22-23,31,34H,10,13-15H2,1-4H3,(H,32,33)(H2,29,30,35). The summed E-state index contributed by atoms with van der Waals surface area (Å²) in [6.07, 6.45) is -1.04. The normalized spacial score (nSPS) is 17.2. The summed E-state index contributed by atoms with van der Waals surface area (Å²) >= 11 is 0. The fraction of sp³-hybridized carbons (Fsp3) is 0.462. The predicted octanol–water partition coefficient (Wildman–Crippen LogP) is 2.47. The van der Waals surface area contributed by atoms with Gasteiger partial charge in [0.25, 0.3) is 0 Å². The van der Waals surface area contributed by atoms with Gasteiger partial charge in [-0.3, -0.25) is 4.79 Å². The minimum absolute atomic E-state index is 0.0403. The Labute approximate surface area is 204 Å². The lowest BCUT2D eigenvalue weighted by Gasteiger charge is -2.41. The molecule has 5 N–H and O–H groups in total. The van der Waals surface area contributed by atoms with Gasteiger partial charge in [-0.1, -0.05) is 45.0 Å². The van der Waals surface area contributed by atoms with E-state index in [0.717, 1.165) is 17.2 Å². The lowest BCUT2D eigenvalue weighted by atomic mass is 9.81. The number of halogens is 2. The van der Waals surface area contributed by atoms with Crippen LogP contribution in [0.1, 0.15) is 44.4 Å². The second-order valence-corrected chi connectivity index (χ2v) is 10.2. The summed E-state index contributed by atoms with van der Waals surface area (Å²) in [6, 6.07) is 10.1. The van der Waals surface area contributed by atoms with Gasteiger partial charge in [-0.15, -0.1) is 0 Å². The summed E-state index contributed by atoms with van der Waals surface area (Å²) < 4.78 is 27.4. The quantitative estimate of drug-likeness (QED) is 0.394. The smallest absolute Gasteiger partial charge is 0.314 e. The number of hydrogen-bond donors (Lipinski definition) is 5. The molecule has 3 rings (SSSR count). The summed E-state index contributed by atoms with van der Waals surface area (Å²) in [5, 5.41) is 22.7. The minimum Gasteiger partial charge on any atom is -0.390 e. The maximum Gasteiger partial charge on any atom is 0.314 e. The topological polar surface area (TPSA) is 102 Å². The number of benzene rings is 2. The molecule has 1 aliphatic rings. The van der Waals surface area contributed by atoms with Crippen molar-refractivity contribution in [2.24, 2.45) is 0 Å². The molecule has 1 fully saturated rings. The van der Waals surface area contributed by atoms with E-state index in [2.05, 4.69) is 48.1 Å². The Morgan fingerprint density at radius 3 is 2.31 bits per heavy atom. The molecule has 1 saturated heterocycles. The van der Waals surface area contributed by atoms with Crippen molar-refractivity contribution in [2.75, 3.05) is 19.6 Å². The van der Waals surface area contributed by atoms with Gasteiger partial charge in [-0.05, 0) is 40.7 Å². The lowest BCUT2D eigenvalue weighted by Crippen LogP contribution is -2.65. The van der Waals surface area contributed by atoms with Gasteiger partial charge in [0, 0.05) is 32.6 Å². The molecule has 2 aromatic carbocycles. The number of nitrogens with one attached hydrogen (secondary N) is 4. The molecule has 2 aromatic rings. The van der Waals surface area contributed by atoms with Crippen molar-refractivity contribution in [1.82, 2.24) is 21.3 Å². The first-order valence-corrected chi connectivity index (χ1v) is 11.7. The van der Waals surface area contributed by atoms with Crippen LogP contribution in [0.3, 0.4) is 0 Å². The zero-order chi connectivity index (χ0) is 25.8. The Morgan fingerprint density at radius 2 is 1.74 bits per heavy atom. The first kappa shape index (κ1) is 26.6. The van der Waals surface area contributed by atoms with Crippen LogP contribution >= 0.6 is 0 Å². The van der Waals surface area contributed by atoms with Crippen molar-refractivity contribution in [3.05, 3.63) is 70.8 Å². The third-order valence-electron chi connectivity index (χ3n) is 6.26. The summed E-state index contributed by atoms with van der Waals surface area (Å²) in [5.74, 6) is -1.82. The van der Waals surface area contributed by atoms with Crippen LogP contribution in [-0.4, -0.2) is 48.8 Å². The van der Waals surface area contributed by atoms with Crippen LogP contribution in [0.2, 0.25) is 0 Å². The number of carbonyl (C=O) groups excluding carboxylic acids is 2. The molecule has 0 spiro atoms. The average Bonchev–Trinajstić information content (AvgIpc) is 2.77. The van der Waals surface area contributed by atoms with Crippen LogP contribution in [0.15, 0.2) is 42.5 Å². The number of hydrogen-bond acceptors (Lipinski definition) is 4. The highest BCUT2D eigenvalue weighted by molar-refractivity contribution is 5.75. The second-order valence-electron chi connectivity index (χ2n) is 10.2. The van der Waals surface area contributed by atoms with Crippen molar-refractivity contribution in [3.8, 4) is 0 Å². The van der Waals surface area contributed by atoms with E-state index in [-0.39, 0.29) is 30.3 Å². The molecule has 0 aliphatic carbocycles. The van der Waals surface area contributed by atoms with E-state index < -0.39 is 29.3 Å². The number of amides is 3. The molecule has 7 nitrogen and oxygen atoms in total. The summed E-state index contributed by atoms with van der Waals surface area (Å²) in [7, 11) is 0. The monoisotopic (exact) mass is 488 g/mol. The summed E-state index contributed by atoms with van der Waals surface area (Å²) in [4.78, 5) is 23.6. The van der Waals surface area contributed by atoms with E-state index in [1.165, 1.54) is 19.1 Å². The molecular weight excluding hydrogens is 454 g/mol. The van der Waals surface area contributed by atoms with Crippen molar-refractivity contribution >= 4 is 11.9 Å². The molecule has 0 saturated carbocycles. The Morgan fingerprint density at radius 1 is 1.11 bits per heavy atom. The van der Waals surface area contributed by atoms with Gasteiger partial charge < -0.3 is 26.4 Å². The average molecular weight is 489 g/mol. The van der Waals surface area contributed by atoms with E-state index in [9.17, 15) is 23.5 Å². The molecule has 190 valence electrons. The summed E-state index contributed by atoms with van der Waals surface area (Å²) in [5.41, 5.74) is 1.57. The first-order valence-electron chi connectivity index (χ1n) is 11.7. The van der Waals surface area contributed by atoms with Crippen LogP contribution in [0.4, 0.5) is 13.6 Å². The van der Waals surface area contributed by atoms with E-state index in [1.807, 2.05) is 18.2 Å². The zero-order valence-electron chi connectivity index (χ0n) is 20.5. The molecule has 35 heavy (non-hydrogen) atoms. The summed E-state index contributed by atoms with van der Waals surface area (Å²) in [6.45, 7) is 8.30. The fourth-order valence-electron chi connectivity index (χ4n) is 4.27. The highest BCUT2D eigenvalue weighted by Gasteiger charge is 2.37. The molecule has 3 amide bonds. The first-order chi connectivity index (χ1) is 16.4. The predicted molar refractivity (Wildman–Crippen MR) is 130 cm³/mol. The van der Waals surface area contributed by atoms with Crippen LogP contribution < -0.4 is 21.3 Å². The van der Waals surface area contributed by atoms with Gasteiger partial charge in [0.15, 0.2) is 0 Å². The Balaban J connectivity index is 1.83. The third kappa shape index (κ3) is 6.99. The molecule has 0 radical (unpaired) electrons. The molecule has 0 bridgehead atoms. The van der Waals surface area contributed by atoms with Crippen LogP contribution in [0.5, 0.6) is 0 Å². The maximum atomic E-state index is 13.7. The van der Waals surface area contributed by atoms with Crippen LogP contribution in [0, 0.1) is 11.6 Å². The largest absolute Gasteiger partial charge is 0.390 e. The van der Waals surface area contributed by atoms with Crippen molar-refractivity contribution < 1.29 is 23.5 Å². The zero-order valence-corrected chi connectivity index (χ0v) is 20.5. The van der Waals surface area contributed by atoms with Gasteiger partial charge >= 0.3 is 6.03 Å². The molecule has 2 unspecified atom stereocenters. The fourth-order valence-corrected chi connectivity index (χ4v) is 4.27. The van der Waals surface area contributed by atoms with Gasteiger partial charge in [0.1, 0.15) is 11.6 Å². The van der Waals surface area contributed by atoms with E-state index >= 15 is 0 Å². The van der Waals surface area contributed by atoms with Crippen molar-refractivity contribution in [3.63, 3.8) is 0 Å². The van der Waals surface area contributed by atoms with Gasteiger partial charge in [0.05, 0.1) is 17.7 Å². The molecule has 9 heteroatoms. The van der Waals surface area contributed by atoms with Crippen LogP contribution in [-0.2, 0) is 22.2 Å². The number of rotatable bonds is 8. The lowest BCUT2D eigenvalue weighted by molar-refractivity contribution is -0.120. The van der Waals surface area contributed by atoms with E-state index in [0.29, 0.717) is 18.7 Å². The molecule has 1 heterocycles. The Kier molecular flexibility index (Phi) is 8.12. The van der Waals surface area contributed by atoms with Crippen molar-refractivity contribution in [2.45, 2.75) is 57.2 Å². The number of carbonyl (C=O) groups is 2. The number of aliphatic hydroxyl groups is 1. The molecule has 2 atom stereocenters.